The second-order valence-corrected chi connectivity index (χ2v) is 5.55. The van der Waals surface area contributed by atoms with Crippen molar-refractivity contribution in [2.24, 2.45) is 5.92 Å². The van der Waals surface area contributed by atoms with Crippen LogP contribution in [0.3, 0.4) is 0 Å². The number of thiazole rings is 1. The molecule has 0 radical (unpaired) electrons. The predicted octanol–water partition coefficient (Wildman–Crippen LogP) is 1.28. The van der Waals surface area contributed by atoms with E-state index in [0.29, 0.717) is 11.7 Å². The molecule has 1 heterocycles. The van der Waals surface area contributed by atoms with Gasteiger partial charge in [0.25, 0.3) is 5.91 Å². The molecule has 1 aromatic rings. The third-order valence-corrected chi connectivity index (χ3v) is 2.96. The summed E-state index contributed by atoms with van der Waals surface area (Å²) in [5.74, 6) is -1.65. The van der Waals surface area contributed by atoms with E-state index in [4.69, 9.17) is 5.11 Å². The number of carboxylic acids is 1. The molecule has 7 nitrogen and oxygen atoms in total. The summed E-state index contributed by atoms with van der Waals surface area (Å²) in [5, 5.41) is 13.2. The number of amides is 2. The number of carbonyl (C=O) groups is 3. The quantitative estimate of drug-likeness (QED) is 0.824. The molecule has 2 N–H and O–H groups in total. The van der Waals surface area contributed by atoms with Gasteiger partial charge in [-0.3, -0.25) is 14.4 Å². The lowest BCUT2D eigenvalue weighted by molar-refractivity contribution is -0.137. The summed E-state index contributed by atoms with van der Waals surface area (Å²) < 4.78 is 0. The molecule has 0 aliphatic carbocycles. The topological polar surface area (TPSA) is 99.6 Å². The maximum Gasteiger partial charge on any atom is 0.323 e. The molecule has 0 fully saturated rings. The van der Waals surface area contributed by atoms with E-state index in [1.807, 2.05) is 13.8 Å². The zero-order valence-electron chi connectivity index (χ0n) is 11.5. The second-order valence-electron chi connectivity index (χ2n) is 4.69. The number of carbonyl (C=O) groups excluding carboxylic acids is 2. The average Bonchev–Trinajstić information content (AvgIpc) is 2.73. The minimum atomic E-state index is -1.07. The van der Waals surface area contributed by atoms with Crippen LogP contribution in [0, 0.1) is 5.92 Å². The van der Waals surface area contributed by atoms with Gasteiger partial charge >= 0.3 is 5.97 Å². The fourth-order valence-electron chi connectivity index (χ4n) is 1.57. The molecular weight excluding hydrogens is 282 g/mol. The highest BCUT2D eigenvalue weighted by atomic mass is 32.1. The van der Waals surface area contributed by atoms with E-state index >= 15 is 0 Å². The van der Waals surface area contributed by atoms with Crippen LogP contribution in [0.2, 0.25) is 0 Å². The van der Waals surface area contributed by atoms with E-state index < -0.39 is 11.9 Å². The molecule has 8 heteroatoms. The maximum atomic E-state index is 12.2. The standard InChI is InChI=1S/C12H17N3O4S/c1-7(2)4-15(5-10(17)18)11(19)9-6-20-12(14-9)13-8(3)16/h6-7H,4-5H2,1-3H3,(H,17,18)(H,13,14,16). The van der Waals surface area contributed by atoms with E-state index in [1.54, 1.807) is 0 Å². The molecule has 0 saturated heterocycles. The predicted molar refractivity (Wildman–Crippen MR) is 74.8 cm³/mol. The number of aromatic nitrogens is 1. The van der Waals surface area contributed by atoms with Crippen LogP contribution in [0.25, 0.3) is 0 Å². The van der Waals surface area contributed by atoms with Gasteiger partial charge in [0, 0.05) is 18.8 Å². The summed E-state index contributed by atoms with van der Waals surface area (Å²) in [6.45, 7) is 5.10. The van der Waals surface area contributed by atoms with Gasteiger partial charge in [-0.05, 0) is 5.92 Å². The van der Waals surface area contributed by atoms with Crippen molar-refractivity contribution < 1.29 is 19.5 Å². The molecule has 0 saturated carbocycles. The van der Waals surface area contributed by atoms with Crippen LogP contribution in [0.4, 0.5) is 5.13 Å². The molecule has 1 rings (SSSR count). The molecular formula is C12H17N3O4S. The number of carboxylic acid groups (broad SMARTS) is 1. The van der Waals surface area contributed by atoms with Gasteiger partial charge in [-0.25, -0.2) is 4.98 Å². The van der Waals surface area contributed by atoms with Crippen LogP contribution in [-0.2, 0) is 9.59 Å². The highest BCUT2D eigenvalue weighted by Crippen LogP contribution is 2.17. The smallest absolute Gasteiger partial charge is 0.323 e. The van der Waals surface area contributed by atoms with Crippen molar-refractivity contribution in [1.29, 1.82) is 0 Å². The number of anilines is 1. The van der Waals surface area contributed by atoms with E-state index in [9.17, 15) is 14.4 Å². The highest BCUT2D eigenvalue weighted by Gasteiger charge is 2.22. The molecule has 0 aliphatic rings. The lowest BCUT2D eigenvalue weighted by Crippen LogP contribution is -2.38. The van der Waals surface area contributed by atoms with E-state index in [-0.39, 0.29) is 24.1 Å². The number of hydrogen-bond donors (Lipinski definition) is 2. The summed E-state index contributed by atoms with van der Waals surface area (Å²) in [6.07, 6.45) is 0. The summed E-state index contributed by atoms with van der Waals surface area (Å²) in [4.78, 5) is 39.1. The molecule has 0 unspecified atom stereocenters. The molecule has 0 aromatic carbocycles. The Balaban J connectivity index is 2.85. The van der Waals surface area contributed by atoms with Crippen LogP contribution >= 0.6 is 11.3 Å². The van der Waals surface area contributed by atoms with Crippen LogP contribution in [0.15, 0.2) is 5.38 Å². The summed E-state index contributed by atoms with van der Waals surface area (Å²) >= 11 is 1.12. The molecule has 2 amide bonds. The van der Waals surface area contributed by atoms with E-state index in [2.05, 4.69) is 10.3 Å². The third kappa shape index (κ3) is 4.96. The normalized spacial score (nSPS) is 10.4. The molecule has 20 heavy (non-hydrogen) atoms. The molecule has 0 spiro atoms. The number of hydrogen-bond acceptors (Lipinski definition) is 5. The average molecular weight is 299 g/mol. The Kier molecular flexibility index (Phi) is 5.63. The molecule has 1 aromatic heterocycles. The third-order valence-electron chi connectivity index (χ3n) is 2.21. The van der Waals surface area contributed by atoms with Gasteiger partial charge < -0.3 is 15.3 Å². The summed E-state index contributed by atoms with van der Waals surface area (Å²) in [7, 11) is 0. The van der Waals surface area contributed by atoms with Crippen molar-refractivity contribution in [3.8, 4) is 0 Å². The van der Waals surface area contributed by atoms with Crippen molar-refractivity contribution in [3.63, 3.8) is 0 Å². The van der Waals surface area contributed by atoms with Gasteiger partial charge in [0.2, 0.25) is 5.91 Å². The first-order chi connectivity index (χ1) is 9.29. The molecule has 110 valence electrons. The van der Waals surface area contributed by atoms with Gasteiger partial charge in [-0.1, -0.05) is 13.8 Å². The molecule has 0 atom stereocenters. The summed E-state index contributed by atoms with van der Waals surface area (Å²) in [5.41, 5.74) is 0.139. The van der Waals surface area contributed by atoms with Gasteiger partial charge in [-0.2, -0.15) is 0 Å². The monoisotopic (exact) mass is 299 g/mol. The second kappa shape index (κ2) is 6.99. The fraction of sp³-hybridized carbons (Fsp3) is 0.500. The first-order valence-electron chi connectivity index (χ1n) is 6.03. The molecule has 0 bridgehead atoms. The van der Waals surface area contributed by atoms with Crippen molar-refractivity contribution in [2.75, 3.05) is 18.4 Å². The van der Waals surface area contributed by atoms with Crippen molar-refractivity contribution in [2.45, 2.75) is 20.8 Å². The lowest BCUT2D eigenvalue weighted by atomic mass is 10.2. The van der Waals surface area contributed by atoms with Crippen LogP contribution in [0.5, 0.6) is 0 Å². The minimum Gasteiger partial charge on any atom is -0.480 e. The minimum absolute atomic E-state index is 0.139. The number of nitrogens with one attached hydrogen (secondary N) is 1. The van der Waals surface area contributed by atoms with Crippen molar-refractivity contribution in [3.05, 3.63) is 11.1 Å². The first-order valence-corrected chi connectivity index (χ1v) is 6.91. The van der Waals surface area contributed by atoms with E-state index in [1.165, 1.54) is 17.2 Å². The van der Waals surface area contributed by atoms with Crippen molar-refractivity contribution in [1.82, 2.24) is 9.88 Å². The van der Waals surface area contributed by atoms with Crippen LogP contribution in [-0.4, -0.2) is 45.9 Å². The van der Waals surface area contributed by atoms with Crippen LogP contribution in [0.1, 0.15) is 31.3 Å². The summed E-state index contributed by atoms with van der Waals surface area (Å²) in [6, 6.07) is 0. The van der Waals surface area contributed by atoms with Crippen molar-refractivity contribution >= 4 is 34.3 Å². The van der Waals surface area contributed by atoms with Gasteiger partial charge in [0.1, 0.15) is 12.2 Å². The fourth-order valence-corrected chi connectivity index (χ4v) is 2.30. The van der Waals surface area contributed by atoms with Crippen LogP contribution < -0.4 is 5.32 Å². The lowest BCUT2D eigenvalue weighted by Gasteiger charge is -2.21. The largest absolute Gasteiger partial charge is 0.480 e. The molecule has 0 aliphatic heterocycles. The zero-order chi connectivity index (χ0) is 15.3. The van der Waals surface area contributed by atoms with Gasteiger partial charge in [0.15, 0.2) is 5.13 Å². The Morgan fingerprint density at radius 1 is 1.45 bits per heavy atom. The number of aliphatic carboxylic acids is 1. The SMILES string of the molecule is CC(=O)Nc1nc(C(=O)N(CC(=O)O)CC(C)C)cs1. The highest BCUT2D eigenvalue weighted by molar-refractivity contribution is 7.14. The Morgan fingerprint density at radius 2 is 2.10 bits per heavy atom. The maximum absolute atomic E-state index is 12.2. The Hall–Kier alpha value is -1.96. The number of nitrogens with zero attached hydrogens (tertiary/aromatic N) is 2. The van der Waals surface area contributed by atoms with Gasteiger partial charge in [-0.15, -0.1) is 11.3 Å². The Morgan fingerprint density at radius 3 is 2.60 bits per heavy atom. The first kappa shape index (κ1) is 16.1. The number of rotatable bonds is 6. The van der Waals surface area contributed by atoms with E-state index in [0.717, 1.165) is 11.3 Å². The Labute approximate surface area is 120 Å². The zero-order valence-corrected chi connectivity index (χ0v) is 12.4. The van der Waals surface area contributed by atoms with Gasteiger partial charge in [0.05, 0.1) is 0 Å². The Bertz CT molecular complexity index is 513.